The molecule has 4 heteroatoms. The summed E-state index contributed by atoms with van der Waals surface area (Å²) in [4.78, 5) is 7.76. The van der Waals surface area contributed by atoms with Crippen LogP contribution >= 0.6 is 11.6 Å². The van der Waals surface area contributed by atoms with Gasteiger partial charge in [0.25, 0.3) is 0 Å². The van der Waals surface area contributed by atoms with Crippen LogP contribution in [0.4, 0.5) is 0 Å². The molecule has 3 atom stereocenters. The first-order valence-electron chi connectivity index (χ1n) is 10.8. The third-order valence-electron chi connectivity index (χ3n) is 7.17. The van der Waals surface area contributed by atoms with Crippen molar-refractivity contribution in [3.05, 3.63) is 34.9 Å². The van der Waals surface area contributed by atoms with E-state index in [0.717, 1.165) is 17.0 Å². The largest absolute Gasteiger partial charge is 0.304 e. The first kappa shape index (κ1) is 21.1. The molecule has 1 saturated carbocycles. The minimum absolute atomic E-state index is 0.145. The van der Waals surface area contributed by atoms with E-state index in [4.69, 9.17) is 11.6 Å². The van der Waals surface area contributed by atoms with E-state index in [9.17, 15) is 0 Å². The topological polar surface area (TPSA) is 9.72 Å². The lowest BCUT2D eigenvalue weighted by Crippen LogP contribution is -2.56. The zero-order valence-electron chi connectivity index (χ0n) is 17.8. The van der Waals surface area contributed by atoms with Crippen molar-refractivity contribution in [3.8, 4) is 0 Å². The highest BCUT2D eigenvalue weighted by molar-refractivity contribution is 6.30. The van der Waals surface area contributed by atoms with Crippen molar-refractivity contribution in [2.45, 2.75) is 57.0 Å². The fourth-order valence-corrected chi connectivity index (χ4v) is 5.50. The molecule has 1 aliphatic heterocycles. The Bertz CT molecular complexity index is 580. The Balaban J connectivity index is 1.83. The summed E-state index contributed by atoms with van der Waals surface area (Å²) in [5.41, 5.74) is 1.58. The van der Waals surface area contributed by atoms with Crippen LogP contribution in [0.3, 0.4) is 0 Å². The fraction of sp³-hybridized carbons (Fsp3) is 0.739. The average molecular weight is 392 g/mol. The zero-order chi connectivity index (χ0) is 19.4. The maximum absolute atomic E-state index is 6.19. The quantitative estimate of drug-likeness (QED) is 0.695. The number of hydrogen-bond donors (Lipinski definition) is 0. The second kappa shape index (κ2) is 9.26. The van der Waals surface area contributed by atoms with E-state index < -0.39 is 0 Å². The molecule has 1 aliphatic carbocycles. The third-order valence-corrected chi connectivity index (χ3v) is 7.42. The summed E-state index contributed by atoms with van der Waals surface area (Å²) in [6, 6.07) is 9.40. The number of likely N-dealkylation sites (N-methyl/N-ethyl adjacent to an activating group) is 1. The molecule has 0 bridgehead atoms. The Morgan fingerprint density at radius 3 is 2.37 bits per heavy atom. The van der Waals surface area contributed by atoms with Crippen LogP contribution in [0.5, 0.6) is 0 Å². The number of rotatable bonds is 6. The predicted molar refractivity (Wildman–Crippen MR) is 117 cm³/mol. The summed E-state index contributed by atoms with van der Waals surface area (Å²) in [7, 11) is 6.79. The molecule has 1 saturated heterocycles. The molecular formula is C23H38ClN3. The van der Waals surface area contributed by atoms with Gasteiger partial charge in [0.2, 0.25) is 0 Å². The maximum Gasteiger partial charge on any atom is 0.0458 e. The highest BCUT2D eigenvalue weighted by Crippen LogP contribution is 2.46. The van der Waals surface area contributed by atoms with Gasteiger partial charge in [-0.1, -0.05) is 43.5 Å². The Morgan fingerprint density at radius 2 is 1.78 bits per heavy atom. The zero-order valence-corrected chi connectivity index (χ0v) is 18.5. The van der Waals surface area contributed by atoms with Gasteiger partial charge in [0, 0.05) is 42.8 Å². The van der Waals surface area contributed by atoms with Crippen LogP contribution in [0.25, 0.3) is 0 Å². The molecule has 0 aromatic heterocycles. The molecule has 2 fully saturated rings. The van der Waals surface area contributed by atoms with Gasteiger partial charge in [0.1, 0.15) is 0 Å². The van der Waals surface area contributed by atoms with Crippen molar-refractivity contribution in [1.82, 2.24) is 14.7 Å². The lowest BCUT2D eigenvalue weighted by molar-refractivity contribution is -0.00971. The minimum atomic E-state index is 0.145. The summed E-state index contributed by atoms with van der Waals surface area (Å²) < 4.78 is 0. The Hall–Kier alpha value is -0.610. The smallest absolute Gasteiger partial charge is 0.0458 e. The molecule has 27 heavy (non-hydrogen) atoms. The van der Waals surface area contributed by atoms with Crippen LogP contribution in [0.15, 0.2) is 24.3 Å². The van der Waals surface area contributed by atoms with Gasteiger partial charge in [-0.25, -0.2) is 0 Å². The number of halogens is 1. The number of benzene rings is 1. The van der Waals surface area contributed by atoms with Gasteiger partial charge in [-0.2, -0.15) is 0 Å². The van der Waals surface area contributed by atoms with Crippen molar-refractivity contribution in [1.29, 1.82) is 0 Å². The van der Waals surface area contributed by atoms with Crippen LogP contribution in [-0.4, -0.2) is 68.1 Å². The molecule has 0 N–H and O–H groups in total. The van der Waals surface area contributed by atoms with E-state index in [1.165, 1.54) is 70.3 Å². The van der Waals surface area contributed by atoms with E-state index in [2.05, 4.69) is 67.0 Å². The second-order valence-electron chi connectivity index (χ2n) is 8.98. The number of hydrogen-bond acceptors (Lipinski definition) is 3. The van der Waals surface area contributed by atoms with Crippen molar-refractivity contribution < 1.29 is 0 Å². The lowest BCUT2D eigenvalue weighted by Gasteiger charge is -2.52. The van der Waals surface area contributed by atoms with Gasteiger partial charge in [0.05, 0.1) is 0 Å². The molecular weight excluding hydrogens is 354 g/mol. The molecule has 3 unspecified atom stereocenters. The summed E-state index contributed by atoms with van der Waals surface area (Å²) >= 11 is 6.19. The molecule has 1 heterocycles. The Labute approximate surface area is 171 Å². The first-order valence-corrected chi connectivity index (χ1v) is 11.2. The molecule has 2 aliphatic rings. The standard InChI is InChI=1S/C23H38ClN3/c1-5-6-7-19-18-23(25(2)3,20-8-10-21(24)11-9-20)13-12-22(19)27-16-14-26(4)15-17-27/h8-11,19,22H,5-7,12-18H2,1-4H3. The lowest BCUT2D eigenvalue weighted by atomic mass is 9.67. The van der Waals surface area contributed by atoms with E-state index in [1.807, 2.05) is 0 Å². The molecule has 0 radical (unpaired) electrons. The van der Waals surface area contributed by atoms with E-state index in [-0.39, 0.29) is 5.54 Å². The van der Waals surface area contributed by atoms with Crippen LogP contribution < -0.4 is 0 Å². The number of piperazine rings is 1. The second-order valence-corrected chi connectivity index (χ2v) is 9.42. The highest BCUT2D eigenvalue weighted by Gasteiger charge is 2.45. The van der Waals surface area contributed by atoms with Crippen molar-refractivity contribution in [3.63, 3.8) is 0 Å². The maximum atomic E-state index is 6.19. The molecule has 152 valence electrons. The Kier molecular flexibility index (Phi) is 7.24. The normalized spacial score (nSPS) is 30.7. The van der Waals surface area contributed by atoms with E-state index in [0.29, 0.717) is 0 Å². The minimum Gasteiger partial charge on any atom is -0.304 e. The summed E-state index contributed by atoms with van der Waals surface area (Å²) in [6.07, 6.45) is 7.80. The van der Waals surface area contributed by atoms with Gasteiger partial charge in [-0.15, -0.1) is 0 Å². The van der Waals surface area contributed by atoms with Crippen molar-refractivity contribution >= 4 is 11.6 Å². The molecule has 1 aromatic carbocycles. The summed E-state index contributed by atoms with van der Waals surface area (Å²) in [6.45, 7) is 7.23. The van der Waals surface area contributed by atoms with Gasteiger partial charge in [-0.3, -0.25) is 9.80 Å². The predicted octanol–water partition coefficient (Wildman–Crippen LogP) is 4.70. The highest BCUT2D eigenvalue weighted by atomic mass is 35.5. The molecule has 3 rings (SSSR count). The van der Waals surface area contributed by atoms with Crippen molar-refractivity contribution in [2.24, 2.45) is 5.92 Å². The van der Waals surface area contributed by atoms with Gasteiger partial charge in [-0.05, 0) is 70.4 Å². The molecule has 1 aromatic rings. The van der Waals surface area contributed by atoms with Crippen LogP contribution in [0, 0.1) is 5.92 Å². The Morgan fingerprint density at radius 1 is 1.11 bits per heavy atom. The molecule has 3 nitrogen and oxygen atoms in total. The fourth-order valence-electron chi connectivity index (χ4n) is 5.38. The molecule has 0 spiro atoms. The SMILES string of the molecule is CCCCC1CC(c2ccc(Cl)cc2)(N(C)C)CCC1N1CCN(C)CC1. The average Bonchev–Trinajstić information content (AvgIpc) is 2.67. The molecule has 0 amide bonds. The summed E-state index contributed by atoms with van der Waals surface area (Å²) in [5, 5.41) is 0.835. The van der Waals surface area contributed by atoms with Gasteiger partial charge >= 0.3 is 0 Å². The van der Waals surface area contributed by atoms with E-state index >= 15 is 0 Å². The van der Waals surface area contributed by atoms with Crippen LogP contribution in [-0.2, 0) is 5.54 Å². The monoisotopic (exact) mass is 391 g/mol. The van der Waals surface area contributed by atoms with Gasteiger partial charge < -0.3 is 4.90 Å². The third kappa shape index (κ3) is 4.70. The van der Waals surface area contributed by atoms with E-state index in [1.54, 1.807) is 0 Å². The van der Waals surface area contributed by atoms with Crippen molar-refractivity contribution in [2.75, 3.05) is 47.3 Å². The summed E-state index contributed by atoms with van der Waals surface area (Å²) in [5.74, 6) is 0.778. The van der Waals surface area contributed by atoms with Crippen LogP contribution in [0.2, 0.25) is 5.02 Å². The first-order chi connectivity index (χ1) is 13.0. The van der Waals surface area contributed by atoms with Crippen LogP contribution in [0.1, 0.15) is 51.0 Å². The van der Waals surface area contributed by atoms with Gasteiger partial charge in [0.15, 0.2) is 0 Å². The number of unbranched alkanes of at least 4 members (excludes halogenated alkanes) is 1. The number of nitrogens with zero attached hydrogens (tertiary/aromatic N) is 3.